The van der Waals surface area contributed by atoms with E-state index >= 15 is 0 Å². The van der Waals surface area contributed by atoms with Crippen molar-refractivity contribution in [2.75, 3.05) is 33.7 Å². The fourth-order valence-corrected chi connectivity index (χ4v) is 1.81. The number of nitrogens with zero attached hydrogens (tertiary/aromatic N) is 2. The third-order valence-corrected chi connectivity index (χ3v) is 2.85. The quantitative estimate of drug-likeness (QED) is 0.781. The predicted octanol–water partition coefficient (Wildman–Crippen LogP) is 1.53. The minimum atomic E-state index is -0.866. The number of rotatable bonds is 6. The van der Waals surface area contributed by atoms with Crippen LogP contribution in [0.15, 0.2) is 12.1 Å². The fourth-order valence-electron chi connectivity index (χ4n) is 1.81. The standard InChI is InChI=1S/C13H18F2N4/c1-19(2)6-5-16-4-3-13-17-11-7-9(14)10(15)8-12(11)18-13/h7-8,16H,3-6H2,1-2H3,(H,17,18). The third-order valence-electron chi connectivity index (χ3n) is 2.85. The lowest BCUT2D eigenvalue weighted by Crippen LogP contribution is -2.28. The highest BCUT2D eigenvalue weighted by molar-refractivity contribution is 5.75. The summed E-state index contributed by atoms with van der Waals surface area (Å²) in [5.74, 6) is -0.987. The van der Waals surface area contributed by atoms with E-state index in [-0.39, 0.29) is 0 Å². The van der Waals surface area contributed by atoms with Crippen molar-refractivity contribution in [2.24, 2.45) is 0 Å². The number of nitrogens with one attached hydrogen (secondary N) is 2. The summed E-state index contributed by atoms with van der Waals surface area (Å²) >= 11 is 0. The zero-order chi connectivity index (χ0) is 13.8. The van der Waals surface area contributed by atoms with Gasteiger partial charge in [0.1, 0.15) is 5.82 Å². The van der Waals surface area contributed by atoms with Gasteiger partial charge >= 0.3 is 0 Å². The lowest BCUT2D eigenvalue weighted by molar-refractivity contribution is 0.400. The second-order valence-corrected chi connectivity index (χ2v) is 4.77. The monoisotopic (exact) mass is 268 g/mol. The van der Waals surface area contributed by atoms with Crippen LogP contribution in [0, 0.1) is 11.6 Å². The van der Waals surface area contributed by atoms with Crippen LogP contribution in [0.25, 0.3) is 11.0 Å². The zero-order valence-corrected chi connectivity index (χ0v) is 11.1. The number of H-pyrrole nitrogens is 1. The van der Waals surface area contributed by atoms with E-state index in [1.165, 1.54) is 0 Å². The molecular weight excluding hydrogens is 250 g/mol. The van der Waals surface area contributed by atoms with Crippen molar-refractivity contribution < 1.29 is 8.78 Å². The molecule has 1 heterocycles. The molecule has 2 aromatic rings. The molecule has 0 aliphatic carbocycles. The summed E-state index contributed by atoms with van der Waals surface area (Å²) in [4.78, 5) is 9.33. The Kier molecular flexibility index (Phi) is 4.44. The molecule has 0 amide bonds. The van der Waals surface area contributed by atoms with E-state index in [9.17, 15) is 8.78 Å². The van der Waals surface area contributed by atoms with Gasteiger partial charge in [0.05, 0.1) is 11.0 Å². The normalized spacial score (nSPS) is 11.6. The van der Waals surface area contributed by atoms with Gasteiger partial charge in [-0.1, -0.05) is 0 Å². The second-order valence-electron chi connectivity index (χ2n) is 4.77. The molecular formula is C13H18F2N4. The first-order valence-electron chi connectivity index (χ1n) is 6.25. The van der Waals surface area contributed by atoms with Gasteiger partial charge in [0.2, 0.25) is 0 Å². The first kappa shape index (κ1) is 13.9. The van der Waals surface area contributed by atoms with E-state index in [1.807, 2.05) is 14.1 Å². The van der Waals surface area contributed by atoms with E-state index in [0.29, 0.717) is 17.5 Å². The Hall–Kier alpha value is -1.53. The molecule has 0 saturated heterocycles. The minimum absolute atomic E-state index is 0.460. The van der Waals surface area contributed by atoms with E-state index in [0.717, 1.165) is 37.6 Å². The summed E-state index contributed by atoms with van der Waals surface area (Å²) in [6, 6.07) is 2.25. The van der Waals surface area contributed by atoms with Crippen LogP contribution in [0.1, 0.15) is 5.82 Å². The Labute approximate surface area is 110 Å². The van der Waals surface area contributed by atoms with Gasteiger partial charge in [-0.2, -0.15) is 0 Å². The lowest BCUT2D eigenvalue weighted by Gasteiger charge is -2.09. The van der Waals surface area contributed by atoms with Crippen molar-refractivity contribution in [2.45, 2.75) is 6.42 Å². The van der Waals surface area contributed by atoms with Crippen LogP contribution >= 0.6 is 0 Å². The molecule has 4 nitrogen and oxygen atoms in total. The largest absolute Gasteiger partial charge is 0.342 e. The van der Waals surface area contributed by atoms with Gasteiger partial charge < -0.3 is 15.2 Å². The molecule has 0 fully saturated rings. The number of halogens is 2. The number of aromatic amines is 1. The molecule has 0 spiro atoms. The molecule has 0 radical (unpaired) electrons. The van der Waals surface area contributed by atoms with Crippen molar-refractivity contribution in [1.29, 1.82) is 0 Å². The van der Waals surface area contributed by atoms with Gasteiger partial charge in [-0.3, -0.25) is 0 Å². The number of fused-ring (bicyclic) bond motifs is 1. The molecule has 0 aliphatic rings. The zero-order valence-electron chi connectivity index (χ0n) is 11.1. The highest BCUT2D eigenvalue weighted by Gasteiger charge is 2.08. The van der Waals surface area contributed by atoms with Crippen molar-refractivity contribution in [1.82, 2.24) is 20.2 Å². The summed E-state index contributed by atoms with van der Waals surface area (Å²) in [5, 5.41) is 3.28. The minimum Gasteiger partial charge on any atom is -0.342 e. The molecule has 1 aromatic carbocycles. The number of likely N-dealkylation sites (N-methyl/N-ethyl adjacent to an activating group) is 1. The maximum absolute atomic E-state index is 13.0. The van der Waals surface area contributed by atoms with Crippen LogP contribution < -0.4 is 5.32 Å². The molecule has 2 N–H and O–H groups in total. The van der Waals surface area contributed by atoms with Gasteiger partial charge in [-0.15, -0.1) is 0 Å². The summed E-state index contributed by atoms with van der Waals surface area (Å²) in [6.45, 7) is 2.64. The topological polar surface area (TPSA) is 44.0 Å². The maximum Gasteiger partial charge on any atom is 0.161 e. The molecule has 0 saturated carbocycles. The van der Waals surface area contributed by atoms with Crippen LogP contribution in [-0.4, -0.2) is 48.6 Å². The number of hydrogen-bond donors (Lipinski definition) is 2. The van der Waals surface area contributed by atoms with Crippen LogP contribution in [0.4, 0.5) is 8.78 Å². The highest BCUT2D eigenvalue weighted by Crippen LogP contribution is 2.16. The Balaban J connectivity index is 1.91. The number of imidazole rings is 1. The van der Waals surface area contributed by atoms with Gasteiger partial charge in [-0.25, -0.2) is 13.8 Å². The number of aromatic nitrogens is 2. The van der Waals surface area contributed by atoms with Gasteiger partial charge in [0.25, 0.3) is 0 Å². The van der Waals surface area contributed by atoms with E-state index < -0.39 is 11.6 Å². The van der Waals surface area contributed by atoms with Crippen molar-refractivity contribution in [3.63, 3.8) is 0 Å². The Bertz CT molecular complexity index is 512. The van der Waals surface area contributed by atoms with Crippen molar-refractivity contribution in [3.05, 3.63) is 29.6 Å². The van der Waals surface area contributed by atoms with E-state index in [1.54, 1.807) is 0 Å². The molecule has 104 valence electrons. The van der Waals surface area contributed by atoms with Crippen molar-refractivity contribution in [3.8, 4) is 0 Å². The van der Waals surface area contributed by atoms with Crippen LogP contribution in [0.3, 0.4) is 0 Å². The third kappa shape index (κ3) is 3.71. The smallest absolute Gasteiger partial charge is 0.161 e. The summed E-state index contributed by atoms with van der Waals surface area (Å²) in [7, 11) is 4.04. The summed E-state index contributed by atoms with van der Waals surface area (Å²) in [6.07, 6.45) is 0.700. The van der Waals surface area contributed by atoms with Crippen molar-refractivity contribution >= 4 is 11.0 Å². The summed E-state index contributed by atoms with van der Waals surface area (Å²) in [5.41, 5.74) is 0.990. The first-order valence-corrected chi connectivity index (χ1v) is 6.25. The average Bonchev–Trinajstić information content (AvgIpc) is 2.71. The van der Waals surface area contributed by atoms with Crippen LogP contribution in [0.2, 0.25) is 0 Å². The molecule has 6 heteroatoms. The van der Waals surface area contributed by atoms with Crippen LogP contribution in [0.5, 0.6) is 0 Å². The number of hydrogen-bond acceptors (Lipinski definition) is 3. The highest BCUT2D eigenvalue weighted by atomic mass is 19.2. The van der Waals surface area contributed by atoms with Gasteiger partial charge in [-0.05, 0) is 14.1 Å². The lowest BCUT2D eigenvalue weighted by atomic mass is 10.3. The SMILES string of the molecule is CN(C)CCNCCc1nc2cc(F)c(F)cc2[nH]1. The van der Waals surface area contributed by atoms with Gasteiger partial charge in [0, 0.05) is 38.2 Å². The van der Waals surface area contributed by atoms with Gasteiger partial charge in [0.15, 0.2) is 11.6 Å². The molecule has 0 unspecified atom stereocenters. The average molecular weight is 268 g/mol. The molecule has 0 bridgehead atoms. The molecule has 0 aliphatic heterocycles. The Morgan fingerprint density at radius 2 is 1.95 bits per heavy atom. The maximum atomic E-state index is 13.0. The van der Waals surface area contributed by atoms with Crippen LogP contribution in [-0.2, 0) is 6.42 Å². The fraction of sp³-hybridized carbons (Fsp3) is 0.462. The second kappa shape index (κ2) is 6.08. The summed E-state index contributed by atoms with van der Waals surface area (Å²) < 4.78 is 26.1. The number of benzene rings is 1. The Morgan fingerprint density at radius 1 is 1.21 bits per heavy atom. The predicted molar refractivity (Wildman–Crippen MR) is 71.1 cm³/mol. The molecule has 1 aromatic heterocycles. The first-order chi connectivity index (χ1) is 9.06. The molecule has 19 heavy (non-hydrogen) atoms. The van der Waals surface area contributed by atoms with E-state index in [2.05, 4.69) is 20.2 Å². The molecule has 2 rings (SSSR count). The Morgan fingerprint density at radius 3 is 2.68 bits per heavy atom. The molecule has 0 atom stereocenters. The van der Waals surface area contributed by atoms with E-state index in [4.69, 9.17) is 0 Å².